The summed E-state index contributed by atoms with van der Waals surface area (Å²) >= 11 is 9.91. The molecule has 4 fully saturated rings. The van der Waals surface area contributed by atoms with E-state index in [4.69, 9.17) is 18.9 Å². The van der Waals surface area contributed by atoms with Crippen molar-refractivity contribution in [3.8, 4) is 0 Å². The van der Waals surface area contributed by atoms with Crippen LogP contribution in [0.3, 0.4) is 0 Å². The zero-order valence-corrected chi connectivity index (χ0v) is 19.7. The van der Waals surface area contributed by atoms with Crippen LogP contribution < -0.4 is 0 Å². The fourth-order valence-electron chi connectivity index (χ4n) is 2.52. The largest absolute Gasteiger partial charge is 0.379 e. The molecule has 4 aliphatic heterocycles. The smallest absolute Gasteiger partial charge is 0.0949 e. The molecule has 0 spiro atoms. The molecule has 0 saturated carbocycles. The van der Waals surface area contributed by atoms with E-state index in [1.54, 1.807) is 0 Å². The molecule has 4 nitrogen and oxygen atoms in total. The van der Waals surface area contributed by atoms with Crippen molar-refractivity contribution in [1.82, 2.24) is 0 Å². The SMILES string of the molecule is C(CSC(COCC1CS1)C(COCC1CS1)OCC1CS1)OCC1CS1. The van der Waals surface area contributed by atoms with Crippen molar-refractivity contribution in [3.63, 3.8) is 0 Å². The van der Waals surface area contributed by atoms with Gasteiger partial charge in [-0.05, 0) is 0 Å². The fourth-order valence-corrected chi connectivity index (χ4v) is 5.28. The maximum Gasteiger partial charge on any atom is 0.0949 e. The van der Waals surface area contributed by atoms with Gasteiger partial charge in [0.1, 0.15) is 0 Å². The van der Waals surface area contributed by atoms with Crippen LogP contribution in [0.1, 0.15) is 0 Å². The van der Waals surface area contributed by atoms with Crippen molar-refractivity contribution < 1.29 is 18.9 Å². The van der Waals surface area contributed by atoms with Gasteiger partial charge in [0, 0.05) is 49.8 Å². The minimum absolute atomic E-state index is 0.116. The molecular formula is C18H30O4S5. The summed E-state index contributed by atoms with van der Waals surface area (Å²) in [6.07, 6.45) is 0.116. The van der Waals surface area contributed by atoms with E-state index in [-0.39, 0.29) is 6.10 Å². The Morgan fingerprint density at radius 2 is 1.22 bits per heavy atom. The van der Waals surface area contributed by atoms with Gasteiger partial charge in [-0.1, -0.05) is 0 Å². The molecule has 0 N–H and O–H groups in total. The third kappa shape index (κ3) is 9.96. The second kappa shape index (κ2) is 11.8. The van der Waals surface area contributed by atoms with Crippen LogP contribution in [0, 0.1) is 0 Å². The van der Waals surface area contributed by atoms with Crippen LogP contribution in [0.2, 0.25) is 0 Å². The topological polar surface area (TPSA) is 36.9 Å². The van der Waals surface area contributed by atoms with E-state index in [0.717, 1.165) is 55.9 Å². The third-order valence-corrected chi connectivity index (χ3v) is 9.59. The summed E-state index contributed by atoms with van der Waals surface area (Å²) in [5.74, 6) is 6.02. The number of thioether (sulfide) groups is 5. The van der Waals surface area contributed by atoms with Crippen molar-refractivity contribution >= 4 is 58.8 Å². The third-order valence-electron chi connectivity index (χ3n) is 4.56. The highest BCUT2D eigenvalue weighted by Gasteiger charge is 2.31. The van der Waals surface area contributed by atoms with Gasteiger partial charge in [-0.2, -0.15) is 58.8 Å². The fraction of sp³-hybridized carbons (Fsp3) is 1.00. The first-order valence-electron chi connectivity index (χ1n) is 9.79. The van der Waals surface area contributed by atoms with Gasteiger partial charge >= 0.3 is 0 Å². The maximum atomic E-state index is 6.31. The van der Waals surface area contributed by atoms with Crippen molar-refractivity contribution in [2.45, 2.75) is 32.4 Å². The highest BCUT2D eigenvalue weighted by atomic mass is 32.2. The molecule has 0 aromatic carbocycles. The van der Waals surface area contributed by atoms with Gasteiger partial charge in [-0.3, -0.25) is 0 Å². The normalized spacial score (nSPS) is 32.9. The van der Waals surface area contributed by atoms with Gasteiger partial charge in [0.15, 0.2) is 0 Å². The molecule has 0 aromatic heterocycles. The minimum atomic E-state index is 0.116. The molecule has 156 valence electrons. The number of hydrogen-bond acceptors (Lipinski definition) is 9. The zero-order valence-electron chi connectivity index (χ0n) is 15.6. The summed E-state index contributed by atoms with van der Waals surface area (Å²) in [5.41, 5.74) is 0. The van der Waals surface area contributed by atoms with Gasteiger partial charge in [-0.25, -0.2) is 0 Å². The lowest BCUT2D eigenvalue weighted by molar-refractivity contribution is -0.0245. The molecule has 6 unspecified atom stereocenters. The Hall–Kier alpha value is 1.59. The number of rotatable bonds is 18. The Morgan fingerprint density at radius 1 is 0.704 bits per heavy atom. The van der Waals surface area contributed by atoms with E-state index in [2.05, 4.69) is 0 Å². The Morgan fingerprint density at radius 3 is 1.81 bits per heavy atom. The second-order valence-corrected chi connectivity index (χ2v) is 13.9. The van der Waals surface area contributed by atoms with Crippen LogP contribution in [0.25, 0.3) is 0 Å². The van der Waals surface area contributed by atoms with Gasteiger partial charge in [0.2, 0.25) is 0 Å². The molecule has 0 amide bonds. The molecular weight excluding hydrogens is 441 g/mol. The van der Waals surface area contributed by atoms with Crippen LogP contribution in [0.15, 0.2) is 0 Å². The molecule has 4 rings (SSSR count). The summed E-state index contributed by atoms with van der Waals surface area (Å²) in [5, 5.41) is 3.21. The quantitative estimate of drug-likeness (QED) is 0.222. The van der Waals surface area contributed by atoms with Gasteiger partial charge in [-0.15, -0.1) is 0 Å². The Balaban J connectivity index is 1.20. The lowest BCUT2D eigenvalue weighted by Crippen LogP contribution is -2.37. The Labute approximate surface area is 184 Å². The molecule has 0 aromatic rings. The van der Waals surface area contributed by atoms with Crippen LogP contribution >= 0.6 is 58.8 Å². The first kappa shape index (κ1) is 21.8. The molecule has 4 heterocycles. The number of ether oxygens (including phenoxy) is 4. The minimum Gasteiger partial charge on any atom is -0.379 e. The summed E-state index contributed by atoms with van der Waals surface area (Å²) in [7, 11) is 0. The zero-order chi connectivity index (χ0) is 18.3. The highest BCUT2D eigenvalue weighted by Crippen LogP contribution is 2.33. The molecule has 4 saturated heterocycles. The van der Waals surface area contributed by atoms with E-state index < -0.39 is 0 Å². The summed E-state index contributed by atoms with van der Waals surface area (Å²) in [4.78, 5) is 0. The molecule has 0 bridgehead atoms. The van der Waals surface area contributed by atoms with Crippen molar-refractivity contribution in [1.29, 1.82) is 0 Å². The van der Waals surface area contributed by atoms with E-state index in [1.165, 1.54) is 23.0 Å². The molecule has 0 aliphatic carbocycles. The van der Waals surface area contributed by atoms with E-state index in [0.29, 0.717) is 22.4 Å². The standard InChI is InChI=1S/C18H30O4S5/c1(19-3-13-9-24-13)2-23-18(8-21-5-15-11-26-15)17(22-6-16-12-27-16)7-20-4-14-10-25-14/h13-18H,1-12H2. The van der Waals surface area contributed by atoms with Crippen molar-refractivity contribution in [2.24, 2.45) is 0 Å². The first-order valence-corrected chi connectivity index (χ1v) is 15.0. The van der Waals surface area contributed by atoms with Gasteiger partial charge < -0.3 is 18.9 Å². The Bertz CT molecular complexity index is 430. The van der Waals surface area contributed by atoms with Crippen molar-refractivity contribution in [2.75, 3.05) is 75.0 Å². The van der Waals surface area contributed by atoms with Crippen molar-refractivity contribution in [3.05, 3.63) is 0 Å². The average molecular weight is 471 g/mol. The maximum absolute atomic E-state index is 6.31. The van der Waals surface area contributed by atoms with Crippen LogP contribution in [0.4, 0.5) is 0 Å². The monoisotopic (exact) mass is 470 g/mol. The molecule has 4 aliphatic rings. The van der Waals surface area contributed by atoms with E-state index >= 15 is 0 Å². The summed E-state index contributed by atoms with van der Waals surface area (Å²) in [6.45, 7) is 5.76. The van der Waals surface area contributed by atoms with Crippen LogP contribution in [-0.2, 0) is 18.9 Å². The van der Waals surface area contributed by atoms with E-state index in [9.17, 15) is 0 Å². The van der Waals surface area contributed by atoms with Crippen LogP contribution in [-0.4, -0.2) is 107 Å². The van der Waals surface area contributed by atoms with Crippen LogP contribution in [0.5, 0.6) is 0 Å². The molecule has 9 heteroatoms. The Kier molecular flexibility index (Phi) is 9.56. The second-order valence-electron chi connectivity index (χ2n) is 7.25. The predicted molar refractivity (Wildman–Crippen MR) is 123 cm³/mol. The number of hydrogen-bond donors (Lipinski definition) is 0. The molecule has 6 atom stereocenters. The van der Waals surface area contributed by atoms with Gasteiger partial charge in [0.05, 0.1) is 57.6 Å². The molecule has 0 radical (unpaired) electrons. The summed E-state index contributed by atoms with van der Waals surface area (Å²) < 4.78 is 24.1. The summed E-state index contributed by atoms with van der Waals surface area (Å²) in [6, 6.07) is 0. The lowest BCUT2D eigenvalue weighted by Gasteiger charge is -2.27. The average Bonchev–Trinajstić information content (AvgIpc) is 3.50. The lowest BCUT2D eigenvalue weighted by atomic mass is 10.2. The van der Waals surface area contributed by atoms with E-state index in [1.807, 2.05) is 58.8 Å². The predicted octanol–water partition coefficient (Wildman–Crippen LogP) is 2.98. The first-order chi connectivity index (χ1) is 13.4. The highest BCUT2D eigenvalue weighted by molar-refractivity contribution is 8.07. The van der Waals surface area contributed by atoms with Gasteiger partial charge in [0.25, 0.3) is 0 Å². The molecule has 27 heavy (non-hydrogen) atoms.